The maximum atomic E-state index is 10.5. The van der Waals surface area contributed by atoms with Gasteiger partial charge in [-0.05, 0) is 30.7 Å². The predicted molar refractivity (Wildman–Crippen MR) is 96.6 cm³/mol. The number of benzene rings is 1. The minimum atomic E-state index is 0.167. The van der Waals surface area contributed by atoms with Crippen LogP contribution in [0.2, 0.25) is 0 Å². The number of phenolic OH excluding ortho intramolecular Hbond substituents is 1. The summed E-state index contributed by atoms with van der Waals surface area (Å²) in [6.07, 6.45) is 5.12. The van der Waals surface area contributed by atoms with E-state index in [1.165, 1.54) is 0 Å². The Morgan fingerprint density at radius 2 is 2.19 bits per heavy atom. The van der Waals surface area contributed by atoms with Crippen LogP contribution >= 0.6 is 0 Å². The number of hydrogen-bond donors (Lipinski definition) is 1. The fraction of sp³-hybridized carbons (Fsp3) is 0.316. The summed E-state index contributed by atoms with van der Waals surface area (Å²) in [7, 11) is 0. The summed E-state index contributed by atoms with van der Waals surface area (Å²) in [4.78, 5) is 10.8. The van der Waals surface area contributed by atoms with Crippen molar-refractivity contribution in [2.24, 2.45) is 0 Å². The lowest BCUT2D eigenvalue weighted by atomic mass is 10.0. The lowest BCUT2D eigenvalue weighted by Crippen LogP contribution is -2.27. The number of phenols is 1. The first kappa shape index (κ1) is 16.5. The molecule has 3 heterocycles. The third kappa shape index (κ3) is 3.25. The van der Waals surface area contributed by atoms with E-state index >= 15 is 0 Å². The number of pyridine rings is 1. The molecule has 0 unspecified atom stereocenters. The molecule has 1 aromatic carbocycles. The van der Waals surface area contributed by atoms with E-state index in [4.69, 9.17) is 4.74 Å². The highest BCUT2D eigenvalue weighted by atomic mass is 16.5. The minimum Gasteiger partial charge on any atom is -0.504 e. The Balaban J connectivity index is 1.63. The van der Waals surface area contributed by atoms with Crippen LogP contribution in [0.5, 0.6) is 11.5 Å². The number of ether oxygens (including phenoxy) is 1. The Hall–Kier alpha value is -2.93. The van der Waals surface area contributed by atoms with E-state index in [1.54, 1.807) is 24.8 Å². The topological polar surface area (TPSA) is 76.3 Å². The van der Waals surface area contributed by atoms with Crippen molar-refractivity contribution in [3.63, 3.8) is 0 Å². The number of aromatic hydroxyl groups is 1. The average Bonchev–Trinajstić information content (AvgIpc) is 3.00. The summed E-state index contributed by atoms with van der Waals surface area (Å²) >= 11 is 0. The average molecular weight is 351 g/mol. The zero-order valence-electron chi connectivity index (χ0n) is 14.7. The van der Waals surface area contributed by atoms with Crippen LogP contribution in [0.3, 0.4) is 0 Å². The predicted octanol–water partition coefficient (Wildman–Crippen LogP) is 2.46. The fourth-order valence-corrected chi connectivity index (χ4v) is 3.26. The van der Waals surface area contributed by atoms with Crippen molar-refractivity contribution in [1.29, 1.82) is 0 Å². The van der Waals surface area contributed by atoms with Gasteiger partial charge in [0.2, 0.25) is 0 Å². The van der Waals surface area contributed by atoms with Gasteiger partial charge in [-0.25, -0.2) is 9.67 Å². The smallest absolute Gasteiger partial charge is 0.165 e. The molecule has 0 saturated carbocycles. The van der Waals surface area contributed by atoms with Crippen molar-refractivity contribution in [1.82, 2.24) is 24.6 Å². The molecule has 2 aromatic heterocycles. The van der Waals surface area contributed by atoms with Crippen LogP contribution in [0.25, 0.3) is 11.1 Å². The van der Waals surface area contributed by atoms with Crippen LogP contribution in [0.15, 0.2) is 43.0 Å². The summed E-state index contributed by atoms with van der Waals surface area (Å²) in [6.45, 7) is 5.49. The third-order valence-corrected chi connectivity index (χ3v) is 4.55. The van der Waals surface area contributed by atoms with E-state index in [0.717, 1.165) is 35.6 Å². The second-order valence-corrected chi connectivity index (χ2v) is 6.28. The SMILES string of the molecule is CCn1ncnc1CN1CCOc2c(O)cc(-c3cccnc3)cc2C1. The monoisotopic (exact) mass is 351 g/mol. The molecule has 1 N–H and O–H groups in total. The van der Waals surface area contributed by atoms with Crippen LogP contribution in [-0.2, 0) is 19.6 Å². The second-order valence-electron chi connectivity index (χ2n) is 6.28. The quantitative estimate of drug-likeness (QED) is 0.778. The highest BCUT2D eigenvalue weighted by molar-refractivity contribution is 5.68. The molecule has 0 fully saturated rings. The molecule has 0 aliphatic carbocycles. The van der Waals surface area contributed by atoms with E-state index in [0.29, 0.717) is 25.4 Å². The summed E-state index contributed by atoms with van der Waals surface area (Å²) in [5, 5.41) is 14.7. The van der Waals surface area contributed by atoms with Crippen LogP contribution in [0.4, 0.5) is 0 Å². The van der Waals surface area contributed by atoms with Crippen LogP contribution in [0, 0.1) is 0 Å². The van der Waals surface area contributed by atoms with Gasteiger partial charge in [0.25, 0.3) is 0 Å². The standard InChI is InChI=1S/C19H21N5O2/c1-2-24-18(21-13-22-24)12-23-6-7-26-19-16(11-23)8-15(9-17(19)25)14-4-3-5-20-10-14/h3-5,8-10,13,25H,2,6-7,11-12H2,1H3. The summed E-state index contributed by atoms with van der Waals surface area (Å²) < 4.78 is 7.72. The van der Waals surface area contributed by atoms with Crippen molar-refractivity contribution >= 4 is 0 Å². The van der Waals surface area contributed by atoms with Crippen LogP contribution < -0.4 is 4.74 Å². The lowest BCUT2D eigenvalue weighted by molar-refractivity contribution is 0.210. The number of rotatable bonds is 4. The summed E-state index contributed by atoms with van der Waals surface area (Å²) in [5.74, 6) is 1.67. The molecule has 0 saturated heterocycles. The molecule has 0 radical (unpaired) electrons. The molecule has 26 heavy (non-hydrogen) atoms. The molecule has 4 rings (SSSR count). The van der Waals surface area contributed by atoms with Gasteiger partial charge in [-0.15, -0.1) is 0 Å². The number of hydrogen-bond acceptors (Lipinski definition) is 6. The van der Waals surface area contributed by atoms with Gasteiger partial charge in [0.15, 0.2) is 11.5 Å². The molecule has 1 aliphatic rings. The van der Waals surface area contributed by atoms with Gasteiger partial charge < -0.3 is 9.84 Å². The summed E-state index contributed by atoms with van der Waals surface area (Å²) in [6, 6.07) is 7.67. The highest BCUT2D eigenvalue weighted by Gasteiger charge is 2.21. The Kier molecular flexibility index (Phi) is 4.53. The van der Waals surface area contributed by atoms with Gasteiger partial charge in [0.05, 0.1) is 6.54 Å². The Labute approximate surface area is 151 Å². The van der Waals surface area contributed by atoms with Gasteiger partial charge in [0.1, 0.15) is 18.8 Å². The van der Waals surface area contributed by atoms with Gasteiger partial charge in [-0.1, -0.05) is 6.07 Å². The number of aromatic nitrogens is 4. The van der Waals surface area contributed by atoms with Gasteiger partial charge in [0, 0.05) is 43.2 Å². The summed E-state index contributed by atoms with van der Waals surface area (Å²) in [5.41, 5.74) is 2.85. The first-order valence-electron chi connectivity index (χ1n) is 8.72. The molecule has 0 bridgehead atoms. The number of fused-ring (bicyclic) bond motifs is 1. The molecule has 3 aromatic rings. The van der Waals surface area contributed by atoms with Crippen LogP contribution in [0.1, 0.15) is 18.3 Å². The lowest BCUT2D eigenvalue weighted by Gasteiger charge is -2.19. The minimum absolute atomic E-state index is 0.167. The van der Waals surface area contributed by atoms with Crippen LogP contribution in [-0.4, -0.2) is 42.9 Å². The zero-order chi connectivity index (χ0) is 17.9. The number of aryl methyl sites for hydroxylation is 1. The molecule has 134 valence electrons. The van der Waals surface area contributed by atoms with E-state index in [1.807, 2.05) is 16.8 Å². The first-order chi connectivity index (χ1) is 12.7. The van der Waals surface area contributed by atoms with Gasteiger partial charge in [-0.2, -0.15) is 5.10 Å². The molecule has 0 spiro atoms. The molecule has 7 heteroatoms. The van der Waals surface area contributed by atoms with Gasteiger partial charge in [-0.3, -0.25) is 9.88 Å². The molecular weight excluding hydrogens is 330 g/mol. The van der Waals surface area contributed by atoms with Crippen molar-refractivity contribution in [3.05, 3.63) is 54.4 Å². The molecule has 0 amide bonds. The highest BCUT2D eigenvalue weighted by Crippen LogP contribution is 2.37. The Morgan fingerprint density at radius 3 is 3.00 bits per heavy atom. The molecule has 7 nitrogen and oxygen atoms in total. The maximum Gasteiger partial charge on any atom is 0.165 e. The van der Waals surface area contributed by atoms with Crippen molar-refractivity contribution < 1.29 is 9.84 Å². The molecule has 1 aliphatic heterocycles. The van der Waals surface area contributed by atoms with Crippen molar-refractivity contribution in [3.8, 4) is 22.6 Å². The zero-order valence-corrected chi connectivity index (χ0v) is 14.7. The molecular formula is C19H21N5O2. The van der Waals surface area contributed by atoms with Gasteiger partial charge >= 0.3 is 0 Å². The Morgan fingerprint density at radius 1 is 1.27 bits per heavy atom. The van der Waals surface area contributed by atoms with E-state index < -0.39 is 0 Å². The maximum absolute atomic E-state index is 10.5. The van der Waals surface area contributed by atoms with E-state index in [9.17, 15) is 5.11 Å². The first-order valence-corrected chi connectivity index (χ1v) is 8.72. The second kappa shape index (κ2) is 7.13. The van der Waals surface area contributed by atoms with E-state index in [-0.39, 0.29) is 5.75 Å². The Bertz CT molecular complexity index is 894. The molecule has 0 atom stereocenters. The third-order valence-electron chi connectivity index (χ3n) is 4.55. The van der Waals surface area contributed by atoms with Crippen molar-refractivity contribution in [2.75, 3.05) is 13.2 Å². The number of nitrogens with zero attached hydrogens (tertiary/aromatic N) is 5. The fourth-order valence-electron chi connectivity index (χ4n) is 3.26. The largest absolute Gasteiger partial charge is 0.504 e. The normalized spacial score (nSPS) is 14.5. The van der Waals surface area contributed by atoms with Crippen molar-refractivity contribution in [2.45, 2.75) is 26.6 Å². The van der Waals surface area contributed by atoms with E-state index in [2.05, 4.69) is 33.0 Å².